The molecule has 0 radical (unpaired) electrons. The number of esters is 1. The number of hydrogen-bond donors (Lipinski definition) is 1. The summed E-state index contributed by atoms with van der Waals surface area (Å²) in [6, 6.07) is 0. The fourth-order valence-corrected chi connectivity index (χ4v) is 1.83. The SMILES string of the molecule is CCC[C@@]1([C@@H](C)O)CCOC1=O. The molecule has 0 spiro atoms. The topological polar surface area (TPSA) is 46.5 Å². The normalized spacial score (nSPS) is 31.8. The molecular formula is C9H16O3. The second-order valence-corrected chi connectivity index (χ2v) is 3.47. The molecule has 70 valence electrons. The van der Waals surface area contributed by atoms with Crippen molar-refractivity contribution in [1.29, 1.82) is 0 Å². The van der Waals surface area contributed by atoms with E-state index in [4.69, 9.17) is 4.74 Å². The van der Waals surface area contributed by atoms with E-state index in [9.17, 15) is 9.90 Å². The lowest BCUT2D eigenvalue weighted by molar-refractivity contribution is -0.151. The van der Waals surface area contributed by atoms with Gasteiger partial charge in [0.15, 0.2) is 0 Å². The Morgan fingerprint density at radius 2 is 2.42 bits per heavy atom. The first kappa shape index (κ1) is 9.52. The zero-order valence-corrected chi connectivity index (χ0v) is 7.67. The molecule has 3 heteroatoms. The molecule has 1 fully saturated rings. The van der Waals surface area contributed by atoms with Gasteiger partial charge in [-0.3, -0.25) is 4.79 Å². The van der Waals surface area contributed by atoms with E-state index in [1.807, 2.05) is 6.92 Å². The van der Waals surface area contributed by atoms with Crippen LogP contribution in [0.15, 0.2) is 0 Å². The highest BCUT2D eigenvalue weighted by Gasteiger charge is 2.47. The van der Waals surface area contributed by atoms with Gasteiger partial charge in [-0.2, -0.15) is 0 Å². The van der Waals surface area contributed by atoms with E-state index in [0.29, 0.717) is 13.0 Å². The van der Waals surface area contributed by atoms with Crippen LogP contribution in [0.1, 0.15) is 33.1 Å². The average molecular weight is 172 g/mol. The molecule has 0 amide bonds. The number of hydrogen-bond acceptors (Lipinski definition) is 3. The van der Waals surface area contributed by atoms with Gasteiger partial charge in [-0.15, -0.1) is 0 Å². The van der Waals surface area contributed by atoms with Crippen molar-refractivity contribution >= 4 is 5.97 Å². The van der Waals surface area contributed by atoms with Crippen LogP contribution in [0.4, 0.5) is 0 Å². The number of ether oxygens (including phenoxy) is 1. The summed E-state index contributed by atoms with van der Waals surface area (Å²) in [5.41, 5.74) is -0.602. The van der Waals surface area contributed by atoms with Crippen molar-refractivity contribution < 1.29 is 14.6 Å². The minimum atomic E-state index is -0.602. The standard InChI is InChI=1S/C9H16O3/c1-3-4-9(7(2)10)5-6-12-8(9)11/h7,10H,3-6H2,1-2H3/t7-,9+/m1/s1. The molecule has 0 aromatic rings. The van der Waals surface area contributed by atoms with Crippen LogP contribution in [0.5, 0.6) is 0 Å². The number of aliphatic hydroxyl groups is 1. The van der Waals surface area contributed by atoms with Crippen LogP contribution in [0, 0.1) is 5.41 Å². The average Bonchev–Trinajstić information content (AvgIpc) is 2.34. The highest BCUT2D eigenvalue weighted by molar-refractivity contribution is 5.79. The molecule has 1 aliphatic heterocycles. The molecule has 3 nitrogen and oxygen atoms in total. The van der Waals surface area contributed by atoms with Gasteiger partial charge >= 0.3 is 5.97 Å². The molecule has 12 heavy (non-hydrogen) atoms. The summed E-state index contributed by atoms with van der Waals surface area (Å²) in [6.07, 6.45) is 1.70. The van der Waals surface area contributed by atoms with Gasteiger partial charge in [0.05, 0.1) is 18.1 Å². The second kappa shape index (κ2) is 3.44. The Morgan fingerprint density at radius 1 is 1.75 bits per heavy atom. The lowest BCUT2D eigenvalue weighted by atomic mass is 9.77. The third-order valence-corrected chi connectivity index (χ3v) is 2.68. The Labute approximate surface area is 72.7 Å². The van der Waals surface area contributed by atoms with E-state index in [-0.39, 0.29) is 5.97 Å². The number of aliphatic hydroxyl groups excluding tert-OH is 1. The predicted molar refractivity (Wildman–Crippen MR) is 44.6 cm³/mol. The first-order valence-corrected chi connectivity index (χ1v) is 4.49. The highest BCUT2D eigenvalue weighted by Crippen LogP contribution is 2.38. The fourth-order valence-electron chi connectivity index (χ4n) is 1.83. The third-order valence-electron chi connectivity index (χ3n) is 2.68. The number of carbonyl (C=O) groups is 1. The van der Waals surface area contributed by atoms with Crippen LogP contribution < -0.4 is 0 Å². The molecule has 0 aromatic carbocycles. The molecule has 1 rings (SSSR count). The summed E-state index contributed by atoms with van der Waals surface area (Å²) in [5, 5.41) is 9.50. The van der Waals surface area contributed by atoms with Crippen molar-refractivity contribution in [3.05, 3.63) is 0 Å². The first-order valence-electron chi connectivity index (χ1n) is 4.49. The molecule has 1 saturated heterocycles. The zero-order chi connectivity index (χ0) is 9.19. The Morgan fingerprint density at radius 3 is 2.75 bits per heavy atom. The number of carbonyl (C=O) groups excluding carboxylic acids is 1. The van der Waals surface area contributed by atoms with E-state index < -0.39 is 11.5 Å². The van der Waals surface area contributed by atoms with E-state index in [0.717, 1.165) is 12.8 Å². The maximum atomic E-state index is 11.3. The minimum Gasteiger partial charge on any atom is -0.465 e. The van der Waals surface area contributed by atoms with Crippen LogP contribution in [0.25, 0.3) is 0 Å². The van der Waals surface area contributed by atoms with E-state index in [1.165, 1.54) is 0 Å². The van der Waals surface area contributed by atoms with E-state index in [2.05, 4.69) is 0 Å². The third kappa shape index (κ3) is 1.33. The van der Waals surface area contributed by atoms with E-state index in [1.54, 1.807) is 6.92 Å². The molecule has 1 aliphatic rings. The van der Waals surface area contributed by atoms with Gasteiger partial charge in [-0.25, -0.2) is 0 Å². The van der Waals surface area contributed by atoms with Gasteiger partial charge in [0.2, 0.25) is 0 Å². The number of cyclic esters (lactones) is 1. The lowest BCUT2D eigenvalue weighted by Crippen LogP contribution is -2.37. The molecule has 2 atom stereocenters. The fraction of sp³-hybridized carbons (Fsp3) is 0.889. The van der Waals surface area contributed by atoms with Gasteiger partial charge in [0.1, 0.15) is 0 Å². The van der Waals surface area contributed by atoms with Gasteiger partial charge in [0.25, 0.3) is 0 Å². The summed E-state index contributed by atoms with van der Waals surface area (Å²) < 4.78 is 4.88. The summed E-state index contributed by atoms with van der Waals surface area (Å²) >= 11 is 0. The molecular weight excluding hydrogens is 156 g/mol. The molecule has 0 aliphatic carbocycles. The Kier molecular flexibility index (Phi) is 2.73. The zero-order valence-electron chi connectivity index (χ0n) is 7.67. The number of rotatable bonds is 3. The highest BCUT2D eigenvalue weighted by atomic mass is 16.5. The van der Waals surface area contributed by atoms with Crippen LogP contribution in [-0.2, 0) is 9.53 Å². The van der Waals surface area contributed by atoms with E-state index >= 15 is 0 Å². The molecule has 0 saturated carbocycles. The summed E-state index contributed by atoms with van der Waals surface area (Å²) in [5.74, 6) is -0.223. The van der Waals surface area contributed by atoms with Crippen molar-refractivity contribution in [3.63, 3.8) is 0 Å². The maximum Gasteiger partial charge on any atom is 0.314 e. The predicted octanol–water partition coefficient (Wildman–Crippen LogP) is 1.10. The molecule has 0 bridgehead atoms. The van der Waals surface area contributed by atoms with Gasteiger partial charge in [-0.1, -0.05) is 13.3 Å². The van der Waals surface area contributed by atoms with Crippen molar-refractivity contribution in [2.24, 2.45) is 5.41 Å². The molecule has 0 unspecified atom stereocenters. The van der Waals surface area contributed by atoms with Crippen LogP contribution >= 0.6 is 0 Å². The van der Waals surface area contributed by atoms with Crippen LogP contribution in [-0.4, -0.2) is 23.8 Å². The second-order valence-electron chi connectivity index (χ2n) is 3.47. The lowest BCUT2D eigenvalue weighted by Gasteiger charge is -2.26. The summed E-state index contributed by atoms with van der Waals surface area (Å²) in [6.45, 7) is 4.14. The Balaban J connectivity index is 2.78. The van der Waals surface area contributed by atoms with Crippen molar-refractivity contribution in [2.75, 3.05) is 6.61 Å². The van der Waals surface area contributed by atoms with Gasteiger partial charge in [0, 0.05) is 6.42 Å². The van der Waals surface area contributed by atoms with Gasteiger partial charge in [-0.05, 0) is 13.3 Å². The monoisotopic (exact) mass is 172 g/mol. The smallest absolute Gasteiger partial charge is 0.314 e. The quantitative estimate of drug-likeness (QED) is 0.648. The molecule has 1 heterocycles. The largest absolute Gasteiger partial charge is 0.465 e. The van der Waals surface area contributed by atoms with Crippen molar-refractivity contribution in [3.8, 4) is 0 Å². The summed E-state index contributed by atoms with van der Waals surface area (Å²) in [7, 11) is 0. The Bertz CT molecular complexity index is 177. The first-order chi connectivity index (χ1) is 5.63. The molecule has 1 N–H and O–H groups in total. The maximum absolute atomic E-state index is 11.3. The van der Waals surface area contributed by atoms with Crippen LogP contribution in [0.2, 0.25) is 0 Å². The minimum absolute atomic E-state index is 0.223. The molecule has 0 aromatic heterocycles. The van der Waals surface area contributed by atoms with Crippen molar-refractivity contribution in [2.45, 2.75) is 39.2 Å². The van der Waals surface area contributed by atoms with Crippen LogP contribution in [0.3, 0.4) is 0 Å². The van der Waals surface area contributed by atoms with Crippen molar-refractivity contribution in [1.82, 2.24) is 0 Å². The van der Waals surface area contributed by atoms with Gasteiger partial charge < -0.3 is 9.84 Å². The summed E-state index contributed by atoms with van der Waals surface area (Å²) in [4.78, 5) is 11.3. The Hall–Kier alpha value is -0.570.